The maximum absolute atomic E-state index is 12.5. The molecule has 0 bridgehead atoms. The van der Waals surface area contributed by atoms with E-state index in [1.807, 2.05) is 59.5 Å². The van der Waals surface area contributed by atoms with E-state index in [1.165, 1.54) is 11.3 Å². The molecule has 1 aromatic heterocycles. The Kier molecular flexibility index (Phi) is 6.96. The smallest absolute Gasteiger partial charge is 0.253 e. The van der Waals surface area contributed by atoms with Crippen LogP contribution < -0.4 is 5.32 Å². The molecule has 0 spiro atoms. The van der Waals surface area contributed by atoms with E-state index in [0.717, 1.165) is 15.5 Å². The van der Waals surface area contributed by atoms with Gasteiger partial charge in [-0.3, -0.25) is 14.5 Å². The average molecular weight is 455 g/mol. The molecule has 1 aliphatic rings. The molecule has 2 amide bonds. The highest BCUT2D eigenvalue weighted by Crippen LogP contribution is 2.24. The molecule has 0 unspecified atom stereocenters. The third-order valence-electron chi connectivity index (χ3n) is 5.17. The number of carbonyl (C=O) groups is 2. The van der Waals surface area contributed by atoms with Crippen LogP contribution in [0.4, 0.5) is 5.13 Å². The van der Waals surface area contributed by atoms with Gasteiger partial charge < -0.3 is 10.2 Å². The third-order valence-corrected chi connectivity index (χ3v) is 6.45. The summed E-state index contributed by atoms with van der Waals surface area (Å²) >= 11 is 7.68. The number of hydrogen-bond acceptors (Lipinski definition) is 5. The second kappa shape index (κ2) is 10.0. The number of aromatic nitrogens is 1. The van der Waals surface area contributed by atoms with E-state index >= 15 is 0 Å². The SMILES string of the molecule is O=C(CN1CCN(C(=O)c2ccccc2)CC1)Nc1ncc(Cc2ccccc2Cl)s1. The van der Waals surface area contributed by atoms with Gasteiger partial charge in [0.05, 0.1) is 6.54 Å². The van der Waals surface area contributed by atoms with Crippen LogP contribution in [0.3, 0.4) is 0 Å². The number of rotatable bonds is 6. The summed E-state index contributed by atoms with van der Waals surface area (Å²) in [7, 11) is 0. The number of anilines is 1. The number of nitrogens with zero attached hydrogens (tertiary/aromatic N) is 3. The summed E-state index contributed by atoms with van der Waals surface area (Å²) in [5.41, 5.74) is 1.73. The molecule has 8 heteroatoms. The second-order valence-corrected chi connectivity index (χ2v) is 8.90. The summed E-state index contributed by atoms with van der Waals surface area (Å²) in [6, 6.07) is 17.0. The van der Waals surface area contributed by atoms with Crippen molar-refractivity contribution in [2.24, 2.45) is 0 Å². The normalized spacial score (nSPS) is 14.4. The van der Waals surface area contributed by atoms with Gasteiger partial charge in [-0.1, -0.05) is 48.0 Å². The monoisotopic (exact) mass is 454 g/mol. The quantitative estimate of drug-likeness (QED) is 0.615. The molecule has 31 heavy (non-hydrogen) atoms. The Morgan fingerprint density at radius 1 is 1.00 bits per heavy atom. The molecule has 1 fully saturated rings. The minimum absolute atomic E-state index is 0.0403. The Bertz CT molecular complexity index is 1050. The van der Waals surface area contributed by atoms with Crippen molar-refractivity contribution in [1.82, 2.24) is 14.8 Å². The summed E-state index contributed by atoms with van der Waals surface area (Å²) in [4.78, 5) is 34.2. The van der Waals surface area contributed by atoms with E-state index < -0.39 is 0 Å². The van der Waals surface area contributed by atoms with E-state index in [0.29, 0.717) is 43.3 Å². The molecule has 0 saturated carbocycles. The Hall–Kier alpha value is -2.74. The summed E-state index contributed by atoms with van der Waals surface area (Å²) in [6.45, 7) is 2.84. The predicted molar refractivity (Wildman–Crippen MR) is 124 cm³/mol. The first kappa shape index (κ1) is 21.5. The van der Waals surface area contributed by atoms with E-state index in [2.05, 4.69) is 15.2 Å². The van der Waals surface area contributed by atoms with Crippen LogP contribution in [-0.4, -0.2) is 59.3 Å². The summed E-state index contributed by atoms with van der Waals surface area (Å²) in [5, 5.41) is 4.20. The number of halogens is 1. The van der Waals surface area contributed by atoms with E-state index in [-0.39, 0.29) is 18.4 Å². The maximum atomic E-state index is 12.5. The van der Waals surface area contributed by atoms with Gasteiger partial charge in [0.25, 0.3) is 5.91 Å². The van der Waals surface area contributed by atoms with Gasteiger partial charge in [-0.15, -0.1) is 11.3 Å². The predicted octanol–water partition coefficient (Wildman–Crippen LogP) is 3.78. The lowest BCUT2D eigenvalue weighted by molar-refractivity contribution is -0.117. The van der Waals surface area contributed by atoms with Crippen LogP contribution in [0.5, 0.6) is 0 Å². The van der Waals surface area contributed by atoms with Crippen LogP contribution in [0, 0.1) is 0 Å². The van der Waals surface area contributed by atoms with Crippen molar-refractivity contribution in [2.75, 3.05) is 38.0 Å². The molecule has 4 rings (SSSR count). The number of amides is 2. The highest BCUT2D eigenvalue weighted by Gasteiger charge is 2.23. The fraction of sp³-hybridized carbons (Fsp3) is 0.261. The highest BCUT2D eigenvalue weighted by molar-refractivity contribution is 7.15. The molecule has 0 aliphatic carbocycles. The summed E-state index contributed by atoms with van der Waals surface area (Å²) in [6.07, 6.45) is 2.46. The topological polar surface area (TPSA) is 65.5 Å². The third kappa shape index (κ3) is 5.70. The zero-order valence-electron chi connectivity index (χ0n) is 17.0. The molecule has 0 atom stereocenters. The summed E-state index contributed by atoms with van der Waals surface area (Å²) < 4.78 is 0. The zero-order valence-corrected chi connectivity index (χ0v) is 18.5. The Morgan fingerprint density at radius 3 is 2.45 bits per heavy atom. The standard InChI is InChI=1S/C23H23ClN4O2S/c24-20-9-5-4-8-18(20)14-19-15-25-23(31-19)26-21(29)16-27-10-12-28(13-11-27)22(30)17-6-2-1-3-7-17/h1-9,15H,10-14,16H2,(H,25,26,29). The van der Waals surface area contributed by atoms with Crippen molar-refractivity contribution >= 4 is 39.9 Å². The molecular formula is C23H23ClN4O2S. The van der Waals surface area contributed by atoms with Crippen LogP contribution in [0.15, 0.2) is 60.8 Å². The van der Waals surface area contributed by atoms with Crippen molar-refractivity contribution in [2.45, 2.75) is 6.42 Å². The van der Waals surface area contributed by atoms with Gasteiger partial charge in [0.2, 0.25) is 5.91 Å². The molecule has 3 aromatic rings. The lowest BCUT2D eigenvalue weighted by Crippen LogP contribution is -2.50. The van der Waals surface area contributed by atoms with Crippen LogP contribution in [-0.2, 0) is 11.2 Å². The van der Waals surface area contributed by atoms with Gasteiger partial charge in [-0.05, 0) is 23.8 Å². The van der Waals surface area contributed by atoms with Crippen LogP contribution in [0.25, 0.3) is 0 Å². The Morgan fingerprint density at radius 2 is 1.71 bits per heavy atom. The van der Waals surface area contributed by atoms with E-state index in [1.54, 1.807) is 6.20 Å². The minimum Gasteiger partial charge on any atom is -0.336 e. The van der Waals surface area contributed by atoms with Gasteiger partial charge in [0.15, 0.2) is 5.13 Å². The highest BCUT2D eigenvalue weighted by atomic mass is 35.5. The van der Waals surface area contributed by atoms with Crippen LogP contribution in [0.1, 0.15) is 20.8 Å². The molecule has 6 nitrogen and oxygen atoms in total. The largest absolute Gasteiger partial charge is 0.336 e. The van der Waals surface area contributed by atoms with Gasteiger partial charge >= 0.3 is 0 Å². The van der Waals surface area contributed by atoms with Crippen molar-refractivity contribution in [3.05, 3.63) is 81.8 Å². The average Bonchev–Trinajstić information content (AvgIpc) is 3.22. The summed E-state index contributed by atoms with van der Waals surface area (Å²) in [5.74, 6) is -0.0555. The lowest BCUT2D eigenvalue weighted by Gasteiger charge is -2.34. The first-order valence-electron chi connectivity index (χ1n) is 10.1. The molecule has 1 aliphatic heterocycles. The molecule has 2 aromatic carbocycles. The second-order valence-electron chi connectivity index (χ2n) is 7.38. The number of nitrogens with one attached hydrogen (secondary N) is 1. The number of carbonyl (C=O) groups excluding carboxylic acids is 2. The minimum atomic E-state index is -0.0959. The van der Waals surface area contributed by atoms with E-state index in [9.17, 15) is 9.59 Å². The van der Waals surface area contributed by atoms with Crippen molar-refractivity contribution < 1.29 is 9.59 Å². The number of piperazine rings is 1. The number of benzene rings is 2. The van der Waals surface area contributed by atoms with Crippen LogP contribution in [0.2, 0.25) is 5.02 Å². The van der Waals surface area contributed by atoms with E-state index in [4.69, 9.17) is 11.6 Å². The lowest BCUT2D eigenvalue weighted by atomic mass is 10.1. The Labute approximate surface area is 190 Å². The number of hydrogen-bond donors (Lipinski definition) is 1. The van der Waals surface area contributed by atoms with Gasteiger partial charge in [-0.2, -0.15) is 0 Å². The van der Waals surface area contributed by atoms with Gasteiger partial charge in [0.1, 0.15) is 0 Å². The molecule has 1 saturated heterocycles. The first-order valence-corrected chi connectivity index (χ1v) is 11.3. The maximum Gasteiger partial charge on any atom is 0.253 e. The Balaban J connectivity index is 1.24. The molecule has 160 valence electrons. The van der Waals surface area contributed by atoms with Crippen LogP contribution >= 0.6 is 22.9 Å². The van der Waals surface area contributed by atoms with Crippen molar-refractivity contribution in [1.29, 1.82) is 0 Å². The number of thiazole rings is 1. The van der Waals surface area contributed by atoms with Gasteiger partial charge in [0, 0.05) is 54.3 Å². The van der Waals surface area contributed by atoms with Crippen molar-refractivity contribution in [3.8, 4) is 0 Å². The molecule has 0 radical (unpaired) electrons. The molecular weight excluding hydrogens is 432 g/mol. The van der Waals surface area contributed by atoms with Crippen molar-refractivity contribution in [3.63, 3.8) is 0 Å². The first-order chi connectivity index (χ1) is 15.1. The fourth-order valence-corrected chi connectivity index (χ4v) is 4.57. The molecule has 2 heterocycles. The zero-order chi connectivity index (χ0) is 21.6. The van der Waals surface area contributed by atoms with Gasteiger partial charge in [-0.25, -0.2) is 4.98 Å². The molecule has 1 N–H and O–H groups in total. The fourth-order valence-electron chi connectivity index (χ4n) is 3.51.